The smallest absolute Gasteiger partial charge is 0.372 e. The SMILES string of the molecule is CN1CCC(C(=O)NCc2ccc(Nc3ccc(N4CCC(C(F)(F)F)CC4)cc3)nc2)CC1. The molecule has 3 heterocycles. The second-order valence-electron chi connectivity index (χ2n) is 9.32. The number of hydrogen-bond donors (Lipinski definition) is 2. The largest absolute Gasteiger partial charge is 0.391 e. The van der Waals surface area contributed by atoms with Crippen molar-refractivity contribution in [3.8, 4) is 0 Å². The third-order valence-corrected chi connectivity index (χ3v) is 6.84. The van der Waals surface area contributed by atoms with E-state index in [0.717, 1.165) is 42.9 Å². The van der Waals surface area contributed by atoms with Crippen molar-refractivity contribution in [1.82, 2.24) is 15.2 Å². The highest BCUT2D eigenvalue weighted by molar-refractivity contribution is 5.78. The Morgan fingerprint density at radius 2 is 1.68 bits per heavy atom. The van der Waals surface area contributed by atoms with Crippen molar-refractivity contribution in [1.29, 1.82) is 0 Å². The molecule has 1 aromatic heterocycles. The highest BCUT2D eigenvalue weighted by atomic mass is 19.4. The molecule has 1 amide bonds. The number of hydrogen-bond acceptors (Lipinski definition) is 5. The van der Waals surface area contributed by atoms with Gasteiger partial charge in [-0.2, -0.15) is 13.2 Å². The van der Waals surface area contributed by atoms with Gasteiger partial charge in [0.1, 0.15) is 5.82 Å². The second kappa shape index (κ2) is 10.6. The highest BCUT2D eigenvalue weighted by Gasteiger charge is 2.41. The summed E-state index contributed by atoms with van der Waals surface area (Å²) in [7, 11) is 2.08. The minimum atomic E-state index is -4.10. The van der Waals surface area contributed by atoms with E-state index in [1.165, 1.54) is 0 Å². The number of nitrogens with zero attached hydrogens (tertiary/aromatic N) is 3. The third kappa shape index (κ3) is 6.40. The molecule has 184 valence electrons. The van der Waals surface area contributed by atoms with Gasteiger partial charge >= 0.3 is 6.18 Å². The van der Waals surface area contributed by atoms with Crippen LogP contribution >= 0.6 is 0 Å². The number of amides is 1. The Morgan fingerprint density at radius 1 is 1.00 bits per heavy atom. The fourth-order valence-corrected chi connectivity index (χ4v) is 4.58. The molecule has 9 heteroatoms. The molecule has 0 aliphatic carbocycles. The number of piperidine rings is 2. The van der Waals surface area contributed by atoms with Crippen molar-refractivity contribution < 1.29 is 18.0 Å². The maximum atomic E-state index is 12.9. The van der Waals surface area contributed by atoms with E-state index in [4.69, 9.17) is 0 Å². The van der Waals surface area contributed by atoms with Crippen LogP contribution in [-0.2, 0) is 11.3 Å². The quantitative estimate of drug-likeness (QED) is 0.642. The highest BCUT2D eigenvalue weighted by Crippen LogP contribution is 2.35. The number of pyridine rings is 1. The Morgan fingerprint density at radius 3 is 2.26 bits per heavy atom. The number of halogens is 3. The summed E-state index contributed by atoms with van der Waals surface area (Å²) in [6.45, 7) is 3.19. The first-order valence-electron chi connectivity index (χ1n) is 11.9. The van der Waals surface area contributed by atoms with E-state index in [1.807, 2.05) is 41.3 Å². The molecule has 0 bridgehead atoms. The van der Waals surface area contributed by atoms with Gasteiger partial charge in [-0.25, -0.2) is 4.98 Å². The summed E-state index contributed by atoms with van der Waals surface area (Å²) in [5.74, 6) is -0.312. The fraction of sp³-hybridized carbons (Fsp3) is 0.520. The van der Waals surface area contributed by atoms with Crippen LogP contribution in [0, 0.1) is 11.8 Å². The lowest BCUT2D eigenvalue weighted by Crippen LogP contribution is -2.38. The summed E-state index contributed by atoms with van der Waals surface area (Å²) in [5, 5.41) is 6.25. The predicted molar refractivity (Wildman–Crippen MR) is 127 cm³/mol. The van der Waals surface area contributed by atoms with Gasteiger partial charge in [-0.3, -0.25) is 4.79 Å². The van der Waals surface area contributed by atoms with E-state index in [9.17, 15) is 18.0 Å². The summed E-state index contributed by atoms with van der Waals surface area (Å²) in [5.41, 5.74) is 2.71. The van der Waals surface area contributed by atoms with Crippen LogP contribution in [-0.4, -0.2) is 55.2 Å². The van der Waals surface area contributed by atoms with Gasteiger partial charge in [0.15, 0.2) is 0 Å². The topological polar surface area (TPSA) is 60.5 Å². The summed E-state index contributed by atoms with van der Waals surface area (Å²) < 4.78 is 38.6. The fourth-order valence-electron chi connectivity index (χ4n) is 4.58. The van der Waals surface area contributed by atoms with E-state index in [0.29, 0.717) is 25.5 Å². The molecule has 4 rings (SSSR count). The Labute approximate surface area is 198 Å². The van der Waals surface area contributed by atoms with Crippen LogP contribution in [0.5, 0.6) is 0 Å². The number of aromatic nitrogens is 1. The number of carbonyl (C=O) groups excluding carboxylic acids is 1. The lowest BCUT2D eigenvalue weighted by molar-refractivity contribution is -0.179. The second-order valence-corrected chi connectivity index (χ2v) is 9.32. The molecule has 0 spiro atoms. The molecular weight excluding hydrogens is 443 g/mol. The van der Waals surface area contributed by atoms with Gasteiger partial charge in [-0.1, -0.05) is 6.07 Å². The number of alkyl halides is 3. The van der Waals surface area contributed by atoms with Crippen molar-refractivity contribution in [2.24, 2.45) is 11.8 Å². The predicted octanol–water partition coefficient (Wildman–Crippen LogP) is 4.56. The van der Waals surface area contributed by atoms with E-state index >= 15 is 0 Å². The van der Waals surface area contributed by atoms with Crippen LogP contribution in [0.3, 0.4) is 0 Å². The normalized spacial score (nSPS) is 18.6. The summed E-state index contributed by atoms with van der Waals surface area (Å²) >= 11 is 0. The van der Waals surface area contributed by atoms with Gasteiger partial charge < -0.3 is 20.4 Å². The van der Waals surface area contributed by atoms with Crippen LogP contribution < -0.4 is 15.5 Å². The Hall–Kier alpha value is -2.81. The van der Waals surface area contributed by atoms with Crippen LogP contribution in [0.4, 0.5) is 30.4 Å². The maximum absolute atomic E-state index is 12.9. The Bertz CT molecular complexity index is 933. The number of rotatable bonds is 6. The third-order valence-electron chi connectivity index (χ3n) is 6.84. The molecule has 6 nitrogen and oxygen atoms in total. The Kier molecular flexibility index (Phi) is 7.60. The minimum Gasteiger partial charge on any atom is -0.372 e. The van der Waals surface area contributed by atoms with Gasteiger partial charge in [0.25, 0.3) is 0 Å². The number of carbonyl (C=O) groups is 1. The Balaban J connectivity index is 1.24. The van der Waals surface area contributed by atoms with Gasteiger partial charge in [0, 0.05) is 43.1 Å². The average molecular weight is 476 g/mol. The molecule has 1 aromatic carbocycles. The molecule has 2 saturated heterocycles. The van der Waals surface area contributed by atoms with Crippen molar-refractivity contribution in [3.05, 3.63) is 48.2 Å². The number of benzene rings is 1. The van der Waals surface area contributed by atoms with Crippen LogP contribution in [0.1, 0.15) is 31.2 Å². The van der Waals surface area contributed by atoms with Gasteiger partial charge in [-0.15, -0.1) is 0 Å². The summed E-state index contributed by atoms with van der Waals surface area (Å²) in [6.07, 6.45) is -0.282. The minimum absolute atomic E-state index is 0.0871. The van der Waals surface area contributed by atoms with E-state index in [2.05, 4.69) is 27.6 Å². The van der Waals surface area contributed by atoms with Gasteiger partial charge in [0.05, 0.1) is 5.92 Å². The number of likely N-dealkylation sites (tertiary alicyclic amines) is 1. The van der Waals surface area contributed by atoms with E-state index in [1.54, 1.807) is 6.20 Å². The standard InChI is InChI=1S/C25H32F3N5O/c1-32-12-8-19(9-13-32)24(34)30-17-18-2-7-23(29-16-18)31-21-3-5-22(6-4-21)33-14-10-20(11-15-33)25(26,27)28/h2-7,16,19-20H,8-15,17H2,1H3,(H,29,31)(H,30,34). The lowest BCUT2D eigenvalue weighted by Gasteiger charge is -2.34. The molecule has 2 aromatic rings. The molecule has 2 aliphatic rings. The zero-order valence-corrected chi connectivity index (χ0v) is 19.4. The average Bonchev–Trinajstić information content (AvgIpc) is 2.84. The molecular formula is C25H32F3N5O. The first kappa shape index (κ1) is 24.3. The number of nitrogens with one attached hydrogen (secondary N) is 2. The van der Waals surface area contributed by atoms with Crippen molar-refractivity contribution in [2.45, 2.75) is 38.4 Å². The zero-order valence-electron chi connectivity index (χ0n) is 19.4. The number of anilines is 3. The zero-order chi connectivity index (χ0) is 24.1. The molecule has 0 atom stereocenters. The molecule has 2 aliphatic heterocycles. The maximum Gasteiger partial charge on any atom is 0.391 e. The van der Waals surface area contributed by atoms with Gasteiger partial charge in [-0.05, 0) is 81.7 Å². The summed E-state index contributed by atoms with van der Waals surface area (Å²) in [6, 6.07) is 11.5. The molecule has 34 heavy (non-hydrogen) atoms. The molecule has 0 radical (unpaired) electrons. The van der Waals surface area contributed by atoms with Crippen molar-refractivity contribution >= 4 is 23.1 Å². The van der Waals surface area contributed by atoms with E-state index < -0.39 is 12.1 Å². The van der Waals surface area contributed by atoms with Crippen molar-refractivity contribution in [2.75, 3.05) is 43.4 Å². The van der Waals surface area contributed by atoms with Crippen LogP contribution in [0.15, 0.2) is 42.6 Å². The first-order chi connectivity index (χ1) is 16.3. The molecule has 0 saturated carbocycles. The monoisotopic (exact) mass is 475 g/mol. The van der Waals surface area contributed by atoms with Crippen LogP contribution in [0.2, 0.25) is 0 Å². The lowest BCUT2D eigenvalue weighted by atomic mass is 9.96. The van der Waals surface area contributed by atoms with Crippen LogP contribution in [0.25, 0.3) is 0 Å². The molecule has 0 unspecified atom stereocenters. The van der Waals surface area contributed by atoms with Gasteiger partial charge in [0.2, 0.25) is 5.91 Å². The molecule has 2 N–H and O–H groups in total. The molecule has 2 fully saturated rings. The first-order valence-corrected chi connectivity index (χ1v) is 11.9. The van der Waals surface area contributed by atoms with Crippen molar-refractivity contribution in [3.63, 3.8) is 0 Å². The van der Waals surface area contributed by atoms with E-state index in [-0.39, 0.29) is 24.7 Å². The summed E-state index contributed by atoms with van der Waals surface area (Å²) in [4.78, 5) is 21.0.